The lowest BCUT2D eigenvalue weighted by Crippen LogP contribution is -2.27. The molecule has 0 aliphatic heterocycles. The molecule has 29 heavy (non-hydrogen) atoms. The molecule has 0 spiro atoms. The molecule has 154 valence electrons. The fraction of sp³-hybridized carbons (Fsp3) is 0.368. The number of amides is 1. The molecular weight excluding hydrogens is 456 g/mol. The second-order valence-electron chi connectivity index (χ2n) is 6.05. The van der Waals surface area contributed by atoms with Crippen molar-refractivity contribution in [2.45, 2.75) is 18.6 Å². The van der Waals surface area contributed by atoms with Gasteiger partial charge in [-0.2, -0.15) is 5.10 Å². The average Bonchev–Trinajstić information content (AvgIpc) is 3.12. The molecule has 0 saturated carbocycles. The largest absolute Gasteiger partial charge is 0.383 e. The van der Waals surface area contributed by atoms with Gasteiger partial charge in [0.1, 0.15) is 5.82 Å². The number of fused-ring (bicyclic) bond motifs is 1. The topological polar surface area (TPSA) is 94.0 Å². The zero-order chi connectivity index (χ0) is 20.6. The monoisotopic (exact) mass is 478 g/mol. The van der Waals surface area contributed by atoms with Crippen LogP contribution in [-0.4, -0.2) is 58.2 Å². The van der Waals surface area contributed by atoms with Gasteiger partial charge in [0.2, 0.25) is 0 Å². The van der Waals surface area contributed by atoms with Crippen LogP contribution >= 0.6 is 27.7 Å². The summed E-state index contributed by atoms with van der Waals surface area (Å²) in [6, 6.07) is 7.34. The van der Waals surface area contributed by atoms with Gasteiger partial charge in [-0.15, -0.1) is 0 Å². The molecule has 2 N–H and O–H groups in total. The predicted octanol–water partition coefficient (Wildman–Crippen LogP) is 3.19. The lowest BCUT2D eigenvalue weighted by Gasteiger charge is -2.10. The van der Waals surface area contributed by atoms with E-state index in [1.54, 1.807) is 35.8 Å². The van der Waals surface area contributed by atoms with Crippen LogP contribution in [0.2, 0.25) is 0 Å². The molecule has 10 heteroatoms. The summed E-state index contributed by atoms with van der Waals surface area (Å²) in [5, 5.41) is 12.2. The van der Waals surface area contributed by atoms with Crippen molar-refractivity contribution in [2.75, 3.05) is 37.9 Å². The number of anilines is 1. The highest BCUT2D eigenvalue weighted by Gasteiger charge is 2.14. The van der Waals surface area contributed by atoms with Crippen LogP contribution in [0, 0.1) is 0 Å². The standard InChI is InChI=1S/C19H23BrN6O2S/c1-3-29-19-24-16(21-9-11-28-2)14-12-23-26(17(14)25-19)10-8-22-18(27)13-6-4-5-7-15(13)20/h4-7,12H,3,8-11H2,1-2H3,(H,22,27)(H,21,24,25). The first-order valence-corrected chi connectivity index (χ1v) is 11.0. The molecule has 1 amide bonds. The van der Waals surface area contributed by atoms with Crippen LogP contribution < -0.4 is 10.6 Å². The Morgan fingerprint density at radius 2 is 2.10 bits per heavy atom. The van der Waals surface area contributed by atoms with Crippen molar-refractivity contribution >= 4 is 50.5 Å². The van der Waals surface area contributed by atoms with Crippen molar-refractivity contribution in [2.24, 2.45) is 0 Å². The van der Waals surface area contributed by atoms with E-state index < -0.39 is 0 Å². The zero-order valence-electron chi connectivity index (χ0n) is 16.3. The molecule has 8 nitrogen and oxygen atoms in total. The van der Waals surface area contributed by atoms with Crippen LogP contribution in [0.15, 0.2) is 40.1 Å². The number of methoxy groups -OCH3 is 1. The molecule has 0 atom stereocenters. The van der Waals surface area contributed by atoms with Crippen LogP contribution in [0.1, 0.15) is 17.3 Å². The van der Waals surface area contributed by atoms with E-state index in [1.807, 2.05) is 18.2 Å². The van der Waals surface area contributed by atoms with Crippen LogP contribution in [0.25, 0.3) is 11.0 Å². The van der Waals surface area contributed by atoms with E-state index in [0.29, 0.717) is 37.0 Å². The van der Waals surface area contributed by atoms with Gasteiger partial charge in [-0.1, -0.05) is 30.8 Å². The Hall–Kier alpha value is -2.17. The van der Waals surface area contributed by atoms with Gasteiger partial charge in [0, 0.05) is 24.7 Å². The molecular formula is C19H23BrN6O2S. The molecule has 0 fully saturated rings. The summed E-state index contributed by atoms with van der Waals surface area (Å²) in [6.45, 7) is 4.22. The van der Waals surface area contributed by atoms with Crippen molar-refractivity contribution in [1.82, 2.24) is 25.1 Å². The Kier molecular flexibility index (Phi) is 7.84. The lowest BCUT2D eigenvalue weighted by molar-refractivity contribution is 0.0951. The number of aromatic nitrogens is 4. The molecule has 0 bridgehead atoms. The van der Waals surface area contributed by atoms with Gasteiger partial charge < -0.3 is 15.4 Å². The van der Waals surface area contributed by atoms with Gasteiger partial charge >= 0.3 is 0 Å². The van der Waals surface area contributed by atoms with E-state index in [4.69, 9.17) is 4.74 Å². The van der Waals surface area contributed by atoms with Gasteiger partial charge in [-0.05, 0) is 33.8 Å². The van der Waals surface area contributed by atoms with Crippen molar-refractivity contribution in [3.8, 4) is 0 Å². The summed E-state index contributed by atoms with van der Waals surface area (Å²) in [7, 11) is 1.66. The number of carbonyl (C=O) groups excluding carboxylic acids is 1. The van der Waals surface area contributed by atoms with Gasteiger partial charge in [-0.3, -0.25) is 4.79 Å². The van der Waals surface area contributed by atoms with Crippen molar-refractivity contribution in [3.05, 3.63) is 40.5 Å². The summed E-state index contributed by atoms with van der Waals surface area (Å²) >= 11 is 4.98. The van der Waals surface area contributed by atoms with Crippen molar-refractivity contribution in [3.63, 3.8) is 0 Å². The normalized spacial score (nSPS) is 11.0. The third-order valence-corrected chi connectivity index (χ3v) is 5.50. The number of hydrogen-bond donors (Lipinski definition) is 2. The predicted molar refractivity (Wildman–Crippen MR) is 119 cm³/mol. The smallest absolute Gasteiger partial charge is 0.252 e. The van der Waals surface area contributed by atoms with Crippen LogP contribution in [0.3, 0.4) is 0 Å². The molecule has 3 aromatic rings. The van der Waals surface area contributed by atoms with Crippen LogP contribution in [0.4, 0.5) is 5.82 Å². The second-order valence-corrected chi connectivity index (χ2v) is 8.13. The summed E-state index contributed by atoms with van der Waals surface area (Å²) < 4.78 is 7.66. The van der Waals surface area contributed by atoms with E-state index in [-0.39, 0.29) is 5.91 Å². The van der Waals surface area contributed by atoms with Gasteiger partial charge in [0.15, 0.2) is 10.8 Å². The fourth-order valence-corrected chi connectivity index (χ4v) is 3.74. The van der Waals surface area contributed by atoms with E-state index in [1.165, 1.54) is 0 Å². The average molecular weight is 479 g/mol. The molecule has 0 unspecified atom stereocenters. The minimum Gasteiger partial charge on any atom is -0.383 e. The number of thioether (sulfide) groups is 1. The molecule has 2 heterocycles. The second kappa shape index (κ2) is 10.6. The summed E-state index contributed by atoms with van der Waals surface area (Å²) in [5.74, 6) is 1.48. The minimum absolute atomic E-state index is 0.132. The Balaban J connectivity index is 1.73. The molecule has 0 aliphatic carbocycles. The third kappa shape index (κ3) is 5.46. The highest BCUT2D eigenvalue weighted by atomic mass is 79.9. The molecule has 3 rings (SSSR count). The maximum absolute atomic E-state index is 12.4. The summed E-state index contributed by atoms with van der Waals surface area (Å²) in [4.78, 5) is 21.6. The first kappa shape index (κ1) is 21.5. The van der Waals surface area contributed by atoms with Gasteiger partial charge in [-0.25, -0.2) is 14.6 Å². The van der Waals surface area contributed by atoms with Crippen molar-refractivity contribution in [1.29, 1.82) is 0 Å². The first-order chi connectivity index (χ1) is 14.1. The number of hydrogen-bond acceptors (Lipinski definition) is 7. The fourth-order valence-electron chi connectivity index (χ4n) is 2.71. The molecule has 2 aromatic heterocycles. The Morgan fingerprint density at radius 3 is 2.86 bits per heavy atom. The van der Waals surface area contributed by atoms with Crippen LogP contribution in [-0.2, 0) is 11.3 Å². The van der Waals surface area contributed by atoms with E-state index in [2.05, 4.69) is 48.6 Å². The van der Waals surface area contributed by atoms with E-state index in [0.717, 1.165) is 27.1 Å². The highest BCUT2D eigenvalue weighted by Crippen LogP contribution is 2.24. The van der Waals surface area contributed by atoms with E-state index >= 15 is 0 Å². The van der Waals surface area contributed by atoms with E-state index in [9.17, 15) is 4.79 Å². The first-order valence-electron chi connectivity index (χ1n) is 9.26. The quantitative estimate of drug-likeness (QED) is 0.262. The van der Waals surface area contributed by atoms with Crippen LogP contribution in [0.5, 0.6) is 0 Å². The maximum Gasteiger partial charge on any atom is 0.252 e. The Labute approximate surface area is 182 Å². The zero-order valence-corrected chi connectivity index (χ0v) is 18.7. The third-order valence-electron chi connectivity index (χ3n) is 4.08. The minimum atomic E-state index is -0.132. The van der Waals surface area contributed by atoms with Gasteiger partial charge in [0.25, 0.3) is 5.91 Å². The lowest BCUT2D eigenvalue weighted by atomic mass is 10.2. The highest BCUT2D eigenvalue weighted by molar-refractivity contribution is 9.10. The summed E-state index contributed by atoms with van der Waals surface area (Å²) in [6.07, 6.45) is 1.75. The molecule has 0 aliphatic rings. The summed E-state index contributed by atoms with van der Waals surface area (Å²) in [5.41, 5.74) is 1.34. The van der Waals surface area contributed by atoms with Gasteiger partial charge in [0.05, 0.1) is 30.3 Å². The Morgan fingerprint density at radius 1 is 1.28 bits per heavy atom. The number of nitrogens with one attached hydrogen (secondary N) is 2. The molecule has 1 aromatic carbocycles. The number of halogens is 1. The number of ether oxygens (including phenoxy) is 1. The molecule has 0 saturated heterocycles. The molecule has 0 radical (unpaired) electrons. The maximum atomic E-state index is 12.4. The number of benzene rings is 1. The SMILES string of the molecule is CCSc1nc(NCCOC)c2cnn(CCNC(=O)c3ccccc3Br)c2n1. The number of nitrogens with zero attached hydrogens (tertiary/aromatic N) is 4. The number of rotatable bonds is 10. The van der Waals surface area contributed by atoms with Crippen molar-refractivity contribution < 1.29 is 9.53 Å². The number of carbonyl (C=O) groups is 1. The Bertz CT molecular complexity index is 980.